The Morgan fingerprint density at radius 3 is 2.65 bits per heavy atom. The highest BCUT2D eigenvalue weighted by atomic mass is 15.4. The summed E-state index contributed by atoms with van der Waals surface area (Å²) in [6.45, 7) is 0.720. The molecular weight excluding hydrogens is 252 g/mol. The van der Waals surface area contributed by atoms with Crippen LogP contribution in [0.3, 0.4) is 0 Å². The predicted octanol–water partition coefficient (Wildman–Crippen LogP) is 1.88. The van der Waals surface area contributed by atoms with Crippen LogP contribution in [-0.4, -0.2) is 25.0 Å². The summed E-state index contributed by atoms with van der Waals surface area (Å²) in [7, 11) is 1.81. The van der Waals surface area contributed by atoms with Crippen molar-refractivity contribution in [2.45, 2.75) is 6.54 Å². The zero-order valence-electron chi connectivity index (χ0n) is 11.1. The van der Waals surface area contributed by atoms with Crippen LogP contribution in [0, 0.1) is 0 Å². The first-order valence-corrected chi connectivity index (χ1v) is 6.27. The van der Waals surface area contributed by atoms with E-state index in [2.05, 4.69) is 37.6 Å². The van der Waals surface area contributed by atoms with Gasteiger partial charge >= 0.3 is 0 Å². The molecule has 0 saturated carbocycles. The van der Waals surface area contributed by atoms with Gasteiger partial charge in [-0.2, -0.15) is 15.0 Å². The summed E-state index contributed by atoms with van der Waals surface area (Å²) in [5.41, 5.74) is 3.11. The Balaban J connectivity index is 1.67. The molecule has 2 aromatic heterocycles. The molecule has 0 fully saturated rings. The molecule has 6 heteroatoms. The molecule has 1 aromatic carbocycles. The highest BCUT2D eigenvalue weighted by molar-refractivity contribution is 5.58. The van der Waals surface area contributed by atoms with Crippen molar-refractivity contribution < 1.29 is 0 Å². The first kappa shape index (κ1) is 12.3. The molecule has 0 aliphatic heterocycles. The van der Waals surface area contributed by atoms with Crippen LogP contribution in [0.5, 0.6) is 0 Å². The number of aryl methyl sites for hydroxylation is 1. The summed E-state index contributed by atoms with van der Waals surface area (Å²) in [4.78, 5) is 9.56. The molecule has 0 spiro atoms. The average molecular weight is 266 g/mol. The Morgan fingerprint density at radius 1 is 1.15 bits per heavy atom. The molecule has 20 heavy (non-hydrogen) atoms. The van der Waals surface area contributed by atoms with Gasteiger partial charge < -0.3 is 5.32 Å². The van der Waals surface area contributed by atoms with Crippen molar-refractivity contribution in [3.8, 4) is 11.3 Å². The third-order valence-electron chi connectivity index (χ3n) is 2.90. The summed E-state index contributed by atoms with van der Waals surface area (Å²) in [6.07, 6.45) is 5.00. The SMILES string of the molecule is Cn1ncc(-c2ccc(CNc3ccncn3)cc2)n1. The van der Waals surface area contributed by atoms with Gasteiger partial charge in [-0.3, -0.25) is 0 Å². The molecule has 1 N–H and O–H groups in total. The van der Waals surface area contributed by atoms with Gasteiger partial charge in [0, 0.05) is 25.4 Å². The van der Waals surface area contributed by atoms with Gasteiger partial charge in [0.25, 0.3) is 0 Å². The number of hydrogen-bond acceptors (Lipinski definition) is 5. The highest BCUT2D eigenvalue weighted by Gasteiger charge is 2.02. The second-order valence-corrected chi connectivity index (χ2v) is 4.36. The van der Waals surface area contributed by atoms with E-state index in [0.717, 1.165) is 23.6 Å². The second kappa shape index (κ2) is 5.48. The lowest BCUT2D eigenvalue weighted by Gasteiger charge is -2.05. The van der Waals surface area contributed by atoms with Crippen molar-refractivity contribution in [3.63, 3.8) is 0 Å². The average Bonchev–Trinajstić information content (AvgIpc) is 2.93. The van der Waals surface area contributed by atoms with E-state index in [0.29, 0.717) is 0 Å². The van der Waals surface area contributed by atoms with Gasteiger partial charge in [0.1, 0.15) is 17.8 Å². The molecule has 0 unspecified atom stereocenters. The van der Waals surface area contributed by atoms with Crippen molar-refractivity contribution in [2.24, 2.45) is 7.05 Å². The molecule has 2 heterocycles. The topological polar surface area (TPSA) is 68.5 Å². The second-order valence-electron chi connectivity index (χ2n) is 4.36. The lowest BCUT2D eigenvalue weighted by atomic mass is 10.1. The number of rotatable bonds is 4. The number of benzene rings is 1. The summed E-state index contributed by atoms with van der Waals surface area (Å²) >= 11 is 0. The molecular formula is C14H14N6. The smallest absolute Gasteiger partial charge is 0.129 e. The van der Waals surface area contributed by atoms with E-state index < -0.39 is 0 Å². The molecule has 0 radical (unpaired) electrons. The molecule has 0 amide bonds. The van der Waals surface area contributed by atoms with Crippen molar-refractivity contribution in [2.75, 3.05) is 5.32 Å². The molecule has 0 aliphatic carbocycles. The maximum atomic E-state index is 4.28. The molecule has 0 atom stereocenters. The maximum absolute atomic E-state index is 4.28. The summed E-state index contributed by atoms with van der Waals surface area (Å²) < 4.78 is 0. The molecule has 3 rings (SSSR count). The quantitative estimate of drug-likeness (QED) is 0.781. The fourth-order valence-electron chi connectivity index (χ4n) is 1.86. The van der Waals surface area contributed by atoms with Gasteiger partial charge in [-0.25, -0.2) is 9.97 Å². The van der Waals surface area contributed by atoms with Crippen molar-refractivity contribution in [3.05, 3.63) is 54.6 Å². The van der Waals surface area contributed by atoms with Gasteiger partial charge in [-0.05, 0) is 11.6 Å². The Bertz CT molecular complexity index is 674. The summed E-state index contributed by atoms with van der Waals surface area (Å²) in [5, 5.41) is 11.6. The number of nitrogens with zero attached hydrogens (tertiary/aromatic N) is 5. The standard InChI is InChI=1S/C14H14N6/c1-20-18-9-13(19-20)12-4-2-11(3-5-12)8-16-14-6-7-15-10-17-14/h2-7,9-10H,8H2,1H3,(H,15,16,17). The third kappa shape index (κ3) is 2.80. The van der Waals surface area contributed by atoms with Crippen LogP contribution in [0.25, 0.3) is 11.3 Å². The van der Waals surface area contributed by atoms with E-state index in [1.807, 2.05) is 25.2 Å². The van der Waals surface area contributed by atoms with Crippen LogP contribution in [0.2, 0.25) is 0 Å². The van der Waals surface area contributed by atoms with Crippen molar-refractivity contribution in [1.82, 2.24) is 25.0 Å². The summed E-state index contributed by atoms with van der Waals surface area (Å²) in [6, 6.07) is 10.1. The largest absolute Gasteiger partial charge is 0.366 e. The molecule has 6 nitrogen and oxygen atoms in total. The zero-order chi connectivity index (χ0) is 13.8. The minimum atomic E-state index is 0.720. The number of nitrogens with one attached hydrogen (secondary N) is 1. The van der Waals surface area contributed by atoms with E-state index in [9.17, 15) is 0 Å². The van der Waals surface area contributed by atoms with Gasteiger partial charge in [0.05, 0.1) is 6.20 Å². The highest BCUT2D eigenvalue weighted by Crippen LogP contribution is 2.16. The monoisotopic (exact) mass is 266 g/mol. The molecule has 3 aromatic rings. The molecule has 100 valence electrons. The van der Waals surface area contributed by atoms with Gasteiger partial charge in [0.15, 0.2) is 0 Å². The Hall–Kier alpha value is -2.76. The Morgan fingerprint density at radius 2 is 2.00 bits per heavy atom. The third-order valence-corrected chi connectivity index (χ3v) is 2.90. The van der Waals surface area contributed by atoms with E-state index in [1.165, 1.54) is 11.9 Å². The number of hydrogen-bond donors (Lipinski definition) is 1. The van der Waals surface area contributed by atoms with E-state index in [-0.39, 0.29) is 0 Å². The molecule has 0 bridgehead atoms. The number of anilines is 1. The first-order valence-electron chi connectivity index (χ1n) is 6.27. The van der Waals surface area contributed by atoms with Crippen LogP contribution >= 0.6 is 0 Å². The van der Waals surface area contributed by atoms with Gasteiger partial charge in [-0.15, -0.1) is 0 Å². The van der Waals surface area contributed by atoms with Gasteiger partial charge in [-0.1, -0.05) is 24.3 Å². The molecule has 0 saturated heterocycles. The minimum absolute atomic E-state index is 0.720. The Labute approximate surface area is 116 Å². The number of aromatic nitrogens is 5. The van der Waals surface area contributed by atoms with Crippen molar-refractivity contribution in [1.29, 1.82) is 0 Å². The van der Waals surface area contributed by atoms with Crippen LogP contribution < -0.4 is 5.32 Å². The maximum Gasteiger partial charge on any atom is 0.129 e. The first-order chi connectivity index (χ1) is 9.81. The van der Waals surface area contributed by atoms with Gasteiger partial charge in [0.2, 0.25) is 0 Å². The van der Waals surface area contributed by atoms with Crippen LogP contribution in [-0.2, 0) is 13.6 Å². The van der Waals surface area contributed by atoms with Crippen LogP contribution in [0.4, 0.5) is 5.82 Å². The van der Waals surface area contributed by atoms with Crippen LogP contribution in [0.15, 0.2) is 49.1 Å². The fourth-order valence-corrected chi connectivity index (χ4v) is 1.86. The fraction of sp³-hybridized carbons (Fsp3) is 0.143. The van der Waals surface area contributed by atoms with E-state index in [4.69, 9.17) is 0 Å². The normalized spacial score (nSPS) is 10.4. The predicted molar refractivity (Wildman–Crippen MR) is 75.8 cm³/mol. The Kier molecular flexibility index (Phi) is 3.36. The van der Waals surface area contributed by atoms with Crippen LogP contribution in [0.1, 0.15) is 5.56 Å². The lowest BCUT2D eigenvalue weighted by Crippen LogP contribution is -2.01. The molecule has 0 aliphatic rings. The van der Waals surface area contributed by atoms with E-state index in [1.54, 1.807) is 17.2 Å². The van der Waals surface area contributed by atoms with Crippen molar-refractivity contribution >= 4 is 5.82 Å². The summed E-state index contributed by atoms with van der Waals surface area (Å²) in [5.74, 6) is 0.818. The lowest BCUT2D eigenvalue weighted by molar-refractivity contribution is 0.655. The van der Waals surface area contributed by atoms with E-state index >= 15 is 0 Å². The minimum Gasteiger partial charge on any atom is -0.366 e. The zero-order valence-corrected chi connectivity index (χ0v) is 11.1.